The Labute approximate surface area is 292 Å². The maximum absolute atomic E-state index is 12.5. The van der Waals surface area contributed by atoms with Gasteiger partial charge in [-0.3, -0.25) is 0 Å². The van der Waals surface area contributed by atoms with Crippen LogP contribution in [0.15, 0.2) is 24.5 Å². The normalized spacial score (nSPS) is 23.0. The van der Waals surface area contributed by atoms with Crippen LogP contribution in [-0.4, -0.2) is 77.2 Å². The van der Waals surface area contributed by atoms with Gasteiger partial charge in [0.05, 0.1) is 33.1 Å². The van der Waals surface area contributed by atoms with Crippen LogP contribution in [0, 0.1) is 0 Å². The van der Waals surface area contributed by atoms with E-state index in [1.54, 1.807) is 11.3 Å². The molecule has 0 spiro atoms. The number of nitrogens with one attached hydrogen (secondary N) is 1. The average molecular weight is 711 g/mol. The summed E-state index contributed by atoms with van der Waals surface area (Å²) in [6.07, 6.45) is 8.46. The number of fused-ring (bicyclic) bond motifs is 4. The molecule has 4 aromatic rings. The zero-order valence-electron chi connectivity index (χ0n) is 28.8. The molecule has 13 heteroatoms. The van der Waals surface area contributed by atoms with Crippen LogP contribution in [-0.2, 0) is 20.9 Å². The van der Waals surface area contributed by atoms with Gasteiger partial charge in [0.15, 0.2) is 5.65 Å². The lowest BCUT2D eigenvalue weighted by Crippen LogP contribution is -2.51. The van der Waals surface area contributed by atoms with Crippen molar-refractivity contribution in [2.24, 2.45) is 0 Å². The van der Waals surface area contributed by atoms with Crippen LogP contribution in [0.25, 0.3) is 32.5 Å². The number of rotatable bonds is 9. The minimum Gasteiger partial charge on any atom is -0.444 e. The molecule has 1 amide bonds. The first-order valence-corrected chi connectivity index (χ1v) is 22.1. The molecule has 3 atom stereocenters. The predicted molar refractivity (Wildman–Crippen MR) is 195 cm³/mol. The summed E-state index contributed by atoms with van der Waals surface area (Å²) in [5, 5.41) is 4.90. The highest BCUT2D eigenvalue weighted by atomic mass is 35.5. The fraction of sp³-hybridized carbons (Fsp3) is 0.600. The summed E-state index contributed by atoms with van der Waals surface area (Å²) in [5.74, 6) is 1.20. The molecule has 0 radical (unpaired) electrons. The first-order valence-electron chi connectivity index (χ1n) is 17.2. The second kappa shape index (κ2) is 13.2. The molecule has 1 aromatic carbocycles. The van der Waals surface area contributed by atoms with Gasteiger partial charge < -0.3 is 29.0 Å². The topological polar surface area (TPSA) is 104 Å². The fourth-order valence-electron chi connectivity index (χ4n) is 7.23. The molecule has 3 aromatic heterocycles. The van der Waals surface area contributed by atoms with Crippen LogP contribution >= 0.6 is 22.9 Å². The second-order valence-corrected chi connectivity index (χ2v) is 22.8. The van der Waals surface area contributed by atoms with Crippen molar-refractivity contribution in [3.05, 3.63) is 34.6 Å². The Morgan fingerprint density at radius 2 is 1.90 bits per heavy atom. The van der Waals surface area contributed by atoms with Gasteiger partial charge in [-0.05, 0) is 65.0 Å². The van der Waals surface area contributed by atoms with Gasteiger partial charge in [0, 0.05) is 62.7 Å². The number of hydrogen-bond donors (Lipinski definition) is 1. The number of ether oxygens (including phenoxy) is 3. The van der Waals surface area contributed by atoms with Gasteiger partial charge in [-0.2, -0.15) is 0 Å². The summed E-state index contributed by atoms with van der Waals surface area (Å²) >= 11 is 8.84. The molecule has 7 rings (SSSR count). The SMILES string of the molecule is CC(C)(C)OC(=O)NC1CC2CCC(C1)N2c1cnc2c(-c3ccc4nc(C5CCOC5)sc4c3Cl)cn(COCC[Si](C)(C)C)c2n1. The van der Waals surface area contributed by atoms with Crippen molar-refractivity contribution in [1.82, 2.24) is 24.8 Å². The van der Waals surface area contributed by atoms with E-state index >= 15 is 0 Å². The fourth-order valence-corrected chi connectivity index (χ4v) is 9.49. The number of carbonyl (C=O) groups excluding carboxylic acids is 1. The molecule has 10 nitrogen and oxygen atoms in total. The lowest BCUT2D eigenvalue weighted by atomic mass is 9.97. The summed E-state index contributed by atoms with van der Waals surface area (Å²) in [6.45, 7) is 15.3. The van der Waals surface area contributed by atoms with Gasteiger partial charge >= 0.3 is 6.09 Å². The Hall–Kier alpha value is -2.77. The molecule has 6 heterocycles. The minimum absolute atomic E-state index is 0.0750. The maximum Gasteiger partial charge on any atom is 0.407 e. The minimum atomic E-state index is -1.24. The first-order chi connectivity index (χ1) is 22.8. The number of thiazole rings is 1. The quantitative estimate of drug-likeness (QED) is 0.137. The zero-order chi connectivity index (χ0) is 33.8. The molecule has 3 aliphatic rings. The number of aromatic nitrogens is 4. The van der Waals surface area contributed by atoms with Crippen molar-refractivity contribution < 1.29 is 19.0 Å². The Morgan fingerprint density at radius 1 is 1.12 bits per heavy atom. The molecule has 3 fully saturated rings. The number of amides is 1. The van der Waals surface area contributed by atoms with E-state index in [2.05, 4.69) is 52.8 Å². The van der Waals surface area contributed by atoms with Crippen LogP contribution in [0.3, 0.4) is 0 Å². The van der Waals surface area contributed by atoms with Gasteiger partial charge in [0.1, 0.15) is 23.7 Å². The van der Waals surface area contributed by atoms with Crippen molar-refractivity contribution >= 4 is 64.3 Å². The second-order valence-electron chi connectivity index (χ2n) is 15.8. The van der Waals surface area contributed by atoms with Crippen LogP contribution in [0.2, 0.25) is 30.7 Å². The van der Waals surface area contributed by atoms with E-state index in [0.717, 1.165) is 88.1 Å². The van der Waals surface area contributed by atoms with Gasteiger partial charge in [0.2, 0.25) is 0 Å². The summed E-state index contributed by atoms with van der Waals surface area (Å²) in [7, 11) is -1.24. The average Bonchev–Trinajstić information content (AvgIpc) is 3.79. The van der Waals surface area contributed by atoms with Crippen LogP contribution in [0.1, 0.15) is 63.8 Å². The van der Waals surface area contributed by atoms with E-state index in [1.165, 1.54) is 0 Å². The van der Waals surface area contributed by atoms with Crippen LogP contribution in [0.5, 0.6) is 0 Å². The van der Waals surface area contributed by atoms with Crippen molar-refractivity contribution in [1.29, 1.82) is 0 Å². The van der Waals surface area contributed by atoms with E-state index in [0.29, 0.717) is 30.9 Å². The maximum atomic E-state index is 12.5. The molecule has 48 heavy (non-hydrogen) atoms. The summed E-state index contributed by atoms with van der Waals surface area (Å²) in [5.41, 5.74) is 3.84. The van der Waals surface area contributed by atoms with E-state index in [9.17, 15) is 4.79 Å². The monoisotopic (exact) mass is 710 g/mol. The predicted octanol–water partition coefficient (Wildman–Crippen LogP) is 8.20. The molecule has 2 bridgehead atoms. The molecule has 0 aliphatic carbocycles. The van der Waals surface area contributed by atoms with E-state index in [-0.39, 0.29) is 24.2 Å². The van der Waals surface area contributed by atoms with Crippen LogP contribution < -0.4 is 10.2 Å². The number of anilines is 1. The molecule has 3 aliphatic heterocycles. The third kappa shape index (κ3) is 7.10. The number of benzene rings is 1. The standard InChI is InChI=1S/C35H47ClN6O4SSi/c1-35(2,3)46-34(43)38-22-15-23-7-8-24(16-22)42(23)28-17-37-30-26(18-41(32(30)40-28)20-45-13-14-48(4,5)6)25-9-10-27-31(29(25)36)47-33(39-27)21-11-12-44-19-21/h9-10,17-18,21-24H,7-8,11-16,19-20H2,1-6H3,(H,38,43). The molecule has 3 saturated heterocycles. The molecule has 3 unspecified atom stereocenters. The number of nitrogens with zero attached hydrogens (tertiary/aromatic N) is 5. The summed E-state index contributed by atoms with van der Waals surface area (Å²) in [4.78, 5) is 30.2. The highest BCUT2D eigenvalue weighted by molar-refractivity contribution is 7.19. The molecule has 0 saturated carbocycles. The van der Waals surface area contributed by atoms with Crippen molar-refractivity contribution in [2.45, 2.75) is 115 Å². The first kappa shape index (κ1) is 33.7. The Balaban J connectivity index is 1.19. The molecule has 258 valence electrons. The molecule has 1 N–H and O–H groups in total. The third-order valence-electron chi connectivity index (χ3n) is 9.58. The van der Waals surface area contributed by atoms with Crippen molar-refractivity contribution in [3.63, 3.8) is 0 Å². The highest BCUT2D eigenvalue weighted by Crippen LogP contribution is 2.43. The Bertz CT molecular complexity index is 1800. The van der Waals surface area contributed by atoms with Gasteiger partial charge in [-0.15, -0.1) is 11.3 Å². The van der Waals surface area contributed by atoms with Crippen molar-refractivity contribution in [3.8, 4) is 11.1 Å². The number of piperidine rings is 1. The zero-order valence-corrected chi connectivity index (χ0v) is 31.4. The largest absolute Gasteiger partial charge is 0.444 e. The van der Waals surface area contributed by atoms with Crippen LogP contribution in [0.4, 0.5) is 10.6 Å². The highest BCUT2D eigenvalue weighted by Gasteiger charge is 2.42. The lowest BCUT2D eigenvalue weighted by molar-refractivity contribution is 0.0492. The van der Waals surface area contributed by atoms with Gasteiger partial charge in [0.25, 0.3) is 0 Å². The number of halogens is 1. The van der Waals surface area contributed by atoms with Gasteiger partial charge in [-0.1, -0.05) is 37.3 Å². The number of carbonyl (C=O) groups is 1. The van der Waals surface area contributed by atoms with E-state index in [4.69, 9.17) is 40.8 Å². The Kier molecular flexibility index (Phi) is 9.25. The summed E-state index contributed by atoms with van der Waals surface area (Å²) < 4.78 is 20.5. The van der Waals surface area contributed by atoms with Crippen molar-refractivity contribution in [2.75, 3.05) is 24.7 Å². The Morgan fingerprint density at radius 3 is 2.58 bits per heavy atom. The van der Waals surface area contributed by atoms with E-state index < -0.39 is 13.7 Å². The smallest absolute Gasteiger partial charge is 0.407 e. The van der Waals surface area contributed by atoms with E-state index in [1.807, 2.05) is 27.0 Å². The summed E-state index contributed by atoms with van der Waals surface area (Å²) in [6, 6.07) is 5.83. The molecular weight excluding hydrogens is 664 g/mol. The molecular formula is C35H47ClN6O4SSi. The third-order valence-corrected chi connectivity index (χ3v) is 13.0. The lowest BCUT2D eigenvalue weighted by Gasteiger charge is -2.39. The number of hydrogen-bond acceptors (Lipinski definition) is 9. The van der Waals surface area contributed by atoms with Gasteiger partial charge in [-0.25, -0.2) is 19.7 Å². The number of alkyl carbamates (subject to hydrolysis) is 1.